The predicted octanol–water partition coefficient (Wildman–Crippen LogP) is 2.12. The molecule has 1 saturated heterocycles. The molecule has 0 aromatic carbocycles. The first-order valence-electron chi connectivity index (χ1n) is 6.77. The minimum Gasteiger partial charge on any atom is -0.341 e. The topological polar surface area (TPSA) is 32.3 Å². The van der Waals surface area contributed by atoms with Crippen molar-refractivity contribution in [1.29, 1.82) is 0 Å². The maximum atomic E-state index is 12.2. The maximum Gasteiger partial charge on any atom is 0.239 e. The Morgan fingerprint density at radius 3 is 2.53 bits per heavy atom. The Kier molecular flexibility index (Phi) is 6.97. The molecule has 2 atom stereocenters. The summed E-state index contributed by atoms with van der Waals surface area (Å²) in [6, 6.07) is 0.365. The van der Waals surface area contributed by atoms with E-state index in [0.29, 0.717) is 6.04 Å². The number of nitrogens with zero attached hydrogens (tertiary/aromatic N) is 1. The Labute approximate surface area is 110 Å². The fraction of sp³-hybridized carbons (Fsp3) is 0.923. The lowest BCUT2D eigenvalue weighted by atomic mass is 10.1. The van der Waals surface area contributed by atoms with Crippen LogP contribution in [0, 0.1) is 0 Å². The number of carbonyl (C=O) groups is 1. The summed E-state index contributed by atoms with van der Waals surface area (Å²) < 4.78 is 0. The summed E-state index contributed by atoms with van der Waals surface area (Å²) in [7, 11) is 0. The highest BCUT2D eigenvalue weighted by molar-refractivity contribution is 7.99. The number of rotatable bonds is 6. The summed E-state index contributed by atoms with van der Waals surface area (Å²) in [5.74, 6) is 2.49. The van der Waals surface area contributed by atoms with Crippen LogP contribution >= 0.6 is 11.8 Å². The molecule has 17 heavy (non-hydrogen) atoms. The predicted molar refractivity (Wildman–Crippen MR) is 75.5 cm³/mol. The van der Waals surface area contributed by atoms with E-state index in [0.717, 1.165) is 24.6 Å². The molecule has 1 fully saturated rings. The molecule has 0 bridgehead atoms. The summed E-state index contributed by atoms with van der Waals surface area (Å²) in [5, 5.41) is 3.40. The van der Waals surface area contributed by atoms with Gasteiger partial charge in [-0.1, -0.05) is 6.92 Å². The number of likely N-dealkylation sites (tertiary alicyclic amines) is 1. The quantitative estimate of drug-likeness (QED) is 0.792. The van der Waals surface area contributed by atoms with Crippen LogP contribution in [0.1, 0.15) is 40.0 Å². The lowest BCUT2D eigenvalue weighted by Gasteiger charge is -2.30. The van der Waals surface area contributed by atoms with Gasteiger partial charge in [0.2, 0.25) is 5.91 Å². The third-order valence-corrected chi connectivity index (χ3v) is 4.29. The Morgan fingerprint density at radius 1 is 1.29 bits per heavy atom. The number of hydrogen-bond donors (Lipinski definition) is 1. The molecule has 0 aromatic rings. The van der Waals surface area contributed by atoms with E-state index >= 15 is 0 Å². The highest BCUT2D eigenvalue weighted by Gasteiger charge is 2.22. The summed E-state index contributed by atoms with van der Waals surface area (Å²) in [4.78, 5) is 14.2. The summed E-state index contributed by atoms with van der Waals surface area (Å²) in [6.45, 7) is 8.21. The fourth-order valence-corrected chi connectivity index (χ4v) is 2.91. The molecule has 1 rings (SSSR count). The number of amides is 1. The van der Waals surface area contributed by atoms with Gasteiger partial charge in [0.05, 0.1) is 6.04 Å². The average Bonchev–Trinajstić information content (AvgIpc) is 2.36. The van der Waals surface area contributed by atoms with Crippen molar-refractivity contribution in [2.45, 2.75) is 52.1 Å². The van der Waals surface area contributed by atoms with Crippen molar-refractivity contribution in [3.63, 3.8) is 0 Å². The van der Waals surface area contributed by atoms with E-state index in [-0.39, 0.29) is 11.9 Å². The largest absolute Gasteiger partial charge is 0.341 e. The zero-order valence-corrected chi connectivity index (χ0v) is 12.2. The summed E-state index contributed by atoms with van der Waals surface area (Å²) >= 11 is 1.92. The van der Waals surface area contributed by atoms with Crippen molar-refractivity contribution in [2.24, 2.45) is 0 Å². The first kappa shape index (κ1) is 14.8. The second kappa shape index (κ2) is 7.98. The SMILES string of the molecule is CCSCC(C)NC(C)C(=O)N1CCCCC1. The highest BCUT2D eigenvalue weighted by atomic mass is 32.2. The number of thioether (sulfide) groups is 1. The first-order chi connectivity index (χ1) is 8.15. The van der Waals surface area contributed by atoms with Gasteiger partial charge in [-0.15, -0.1) is 0 Å². The van der Waals surface area contributed by atoms with Gasteiger partial charge >= 0.3 is 0 Å². The van der Waals surface area contributed by atoms with E-state index in [1.807, 2.05) is 23.6 Å². The van der Waals surface area contributed by atoms with Gasteiger partial charge in [-0.05, 0) is 38.9 Å². The second-order valence-electron chi connectivity index (χ2n) is 4.83. The molecule has 1 N–H and O–H groups in total. The minimum absolute atomic E-state index is 0.0412. The van der Waals surface area contributed by atoms with Crippen LogP contribution in [-0.2, 0) is 4.79 Å². The van der Waals surface area contributed by atoms with Crippen LogP contribution < -0.4 is 5.32 Å². The van der Waals surface area contributed by atoms with Crippen molar-refractivity contribution in [3.05, 3.63) is 0 Å². The van der Waals surface area contributed by atoms with Crippen LogP contribution in [0.15, 0.2) is 0 Å². The second-order valence-corrected chi connectivity index (χ2v) is 6.15. The molecular weight excluding hydrogens is 232 g/mol. The molecular formula is C13H26N2OS. The fourth-order valence-electron chi connectivity index (χ4n) is 2.23. The molecule has 3 nitrogen and oxygen atoms in total. The molecule has 1 heterocycles. The van der Waals surface area contributed by atoms with Crippen LogP contribution in [0.4, 0.5) is 0 Å². The summed E-state index contributed by atoms with van der Waals surface area (Å²) in [5.41, 5.74) is 0. The number of hydrogen-bond acceptors (Lipinski definition) is 3. The van der Waals surface area contributed by atoms with E-state index < -0.39 is 0 Å². The summed E-state index contributed by atoms with van der Waals surface area (Å²) in [6.07, 6.45) is 3.61. The van der Waals surface area contributed by atoms with E-state index in [1.54, 1.807) is 0 Å². The molecule has 1 aliphatic heterocycles. The van der Waals surface area contributed by atoms with Gasteiger partial charge in [-0.25, -0.2) is 0 Å². The minimum atomic E-state index is -0.0412. The van der Waals surface area contributed by atoms with Crippen molar-refractivity contribution in [2.75, 3.05) is 24.6 Å². The molecule has 4 heteroatoms. The first-order valence-corrected chi connectivity index (χ1v) is 7.93. The van der Waals surface area contributed by atoms with E-state index in [1.165, 1.54) is 19.3 Å². The Hall–Kier alpha value is -0.220. The van der Waals surface area contributed by atoms with Gasteiger partial charge in [-0.3, -0.25) is 4.79 Å². The Bertz CT molecular complexity index is 229. The van der Waals surface area contributed by atoms with Gasteiger partial charge in [0.1, 0.15) is 0 Å². The third kappa shape index (κ3) is 5.30. The lowest BCUT2D eigenvalue weighted by Crippen LogP contribution is -2.49. The Balaban J connectivity index is 2.29. The molecule has 2 unspecified atom stereocenters. The van der Waals surface area contributed by atoms with E-state index in [4.69, 9.17) is 0 Å². The number of piperidine rings is 1. The van der Waals surface area contributed by atoms with E-state index in [2.05, 4.69) is 19.2 Å². The molecule has 0 saturated carbocycles. The van der Waals surface area contributed by atoms with Gasteiger partial charge in [0, 0.05) is 24.9 Å². The average molecular weight is 258 g/mol. The third-order valence-electron chi connectivity index (χ3n) is 3.14. The van der Waals surface area contributed by atoms with Crippen LogP contribution in [-0.4, -0.2) is 47.5 Å². The van der Waals surface area contributed by atoms with Crippen molar-refractivity contribution in [3.8, 4) is 0 Å². The van der Waals surface area contributed by atoms with Gasteiger partial charge in [0.25, 0.3) is 0 Å². The molecule has 100 valence electrons. The molecule has 1 aliphatic rings. The lowest BCUT2D eigenvalue weighted by molar-refractivity contribution is -0.134. The van der Waals surface area contributed by atoms with Gasteiger partial charge < -0.3 is 10.2 Å². The van der Waals surface area contributed by atoms with E-state index in [9.17, 15) is 4.79 Å². The normalized spacial score (nSPS) is 20.1. The monoisotopic (exact) mass is 258 g/mol. The molecule has 1 amide bonds. The molecule has 0 spiro atoms. The van der Waals surface area contributed by atoms with Crippen molar-refractivity contribution >= 4 is 17.7 Å². The Morgan fingerprint density at radius 2 is 1.94 bits per heavy atom. The van der Waals surface area contributed by atoms with Gasteiger partial charge in [0.15, 0.2) is 0 Å². The zero-order chi connectivity index (χ0) is 12.7. The van der Waals surface area contributed by atoms with Crippen LogP contribution in [0.2, 0.25) is 0 Å². The van der Waals surface area contributed by atoms with Gasteiger partial charge in [-0.2, -0.15) is 11.8 Å². The number of carbonyl (C=O) groups excluding carboxylic acids is 1. The highest BCUT2D eigenvalue weighted by Crippen LogP contribution is 2.10. The van der Waals surface area contributed by atoms with Crippen LogP contribution in [0.3, 0.4) is 0 Å². The standard InChI is InChI=1S/C13H26N2OS/c1-4-17-10-11(2)14-12(3)13(16)15-8-6-5-7-9-15/h11-12,14H,4-10H2,1-3H3. The molecule has 0 aromatic heterocycles. The molecule has 0 radical (unpaired) electrons. The van der Waals surface area contributed by atoms with Crippen molar-refractivity contribution < 1.29 is 4.79 Å². The van der Waals surface area contributed by atoms with Crippen LogP contribution in [0.5, 0.6) is 0 Å². The van der Waals surface area contributed by atoms with Crippen LogP contribution in [0.25, 0.3) is 0 Å². The zero-order valence-electron chi connectivity index (χ0n) is 11.4. The molecule has 0 aliphatic carbocycles. The number of nitrogens with one attached hydrogen (secondary N) is 1. The van der Waals surface area contributed by atoms with Crippen molar-refractivity contribution in [1.82, 2.24) is 10.2 Å². The smallest absolute Gasteiger partial charge is 0.239 e. The maximum absolute atomic E-state index is 12.2.